The largest absolute Gasteiger partial charge is 0.374 e. The summed E-state index contributed by atoms with van der Waals surface area (Å²) < 4.78 is 0. The Bertz CT molecular complexity index is 584. The van der Waals surface area contributed by atoms with Crippen LogP contribution in [0.15, 0.2) is 0 Å². The van der Waals surface area contributed by atoms with Crippen LogP contribution in [0.2, 0.25) is 0 Å². The maximum atomic E-state index is 12.5. The fourth-order valence-corrected chi connectivity index (χ4v) is 5.90. The summed E-state index contributed by atoms with van der Waals surface area (Å²) in [5, 5.41) is 19.2. The number of carbonyl (C=O) groups excluding carboxylic acids is 2. The lowest BCUT2D eigenvalue weighted by atomic mass is 9.94. The summed E-state index contributed by atoms with van der Waals surface area (Å²) >= 11 is 0. The minimum absolute atomic E-state index is 0.177. The summed E-state index contributed by atoms with van der Waals surface area (Å²) in [6.45, 7) is 7.44. The number of aliphatic hydroxyl groups is 2. The van der Waals surface area contributed by atoms with E-state index in [-0.39, 0.29) is 11.8 Å². The third-order valence-corrected chi connectivity index (χ3v) is 8.70. The van der Waals surface area contributed by atoms with Crippen LogP contribution < -0.4 is 0 Å². The molecule has 0 aromatic rings. The fraction of sp³-hybridized carbons (Fsp3) is 0.944. The van der Waals surface area contributed by atoms with E-state index in [1.807, 2.05) is 0 Å². The average molecular weight is 582 g/mol. The summed E-state index contributed by atoms with van der Waals surface area (Å²) in [4.78, 5) is 25.7. The second-order valence-electron chi connectivity index (χ2n) is 12.9. The summed E-state index contributed by atoms with van der Waals surface area (Å²) in [6.07, 6.45) is 30.9. The molecule has 0 aliphatic carbocycles. The van der Waals surface area contributed by atoms with Gasteiger partial charge < -0.3 is 10.2 Å². The van der Waals surface area contributed by atoms with Crippen molar-refractivity contribution >= 4 is 11.7 Å². The van der Waals surface area contributed by atoms with E-state index in [9.17, 15) is 19.8 Å². The van der Waals surface area contributed by atoms with Crippen LogP contribution in [0, 0.1) is 5.92 Å². The van der Waals surface area contributed by atoms with Crippen molar-refractivity contribution in [2.75, 3.05) is 0 Å². The first kappa shape index (κ1) is 40.1. The number of hydrogen-bond donors (Lipinski definition) is 2. The number of nitrogens with zero attached hydrogens (tertiary/aromatic N) is 1. The Morgan fingerprint density at radius 3 is 1.17 bits per heavy atom. The molecule has 0 fully saturated rings. The Morgan fingerprint density at radius 1 is 0.488 bits per heavy atom. The van der Waals surface area contributed by atoms with Gasteiger partial charge in [0.05, 0.1) is 0 Å². The number of amides is 1. The van der Waals surface area contributed by atoms with Gasteiger partial charge in [0.15, 0.2) is 0 Å². The molecule has 0 saturated carbocycles. The Morgan fingerprint density at radius 2 is 0.805 bits per heavy atom. The molecule has 0 aliphatic heterocycles. The first-order valence-electron chi connectivity index (χ1n) is 18.0. The van der Waals surface area contributed by atoms with E-state index < -0.39 is 12.5 Å². The highest BCUT2D eigenvalue weighted by Crippen LogP contribution is 2.18. The molecule has 3 atom stereocenters. The van der Waals surface area contributed by atoms with E-state index in [4.69, 9.17) is 0 Å². The standard InChI is InChI=1S/C36H71NO4/c1-5-6-7-8-9-10-11-14-17-20-23-26-29-32(2)35(40)30-27-24-21-18-15-12-13-16-19-22-25-28-31-36(41)37(33(3)38)34(4)39/h32-34,38-39H,5-31H2,1-4H3. The minimum Gasteiger partial charge on any atom is -0.374 e. The van der Waals surface area contributed by atoms with Gasteiger partial charge in [-0.1, -0.05) is 155 Å². The molecule has 2 N–H and O–H groups in total. The Kier molecular flexibility index (Phi) is 28.5. The molecular formula is C36H71NO4. The predicted octanol–water partition coefficient (Wildman–Crippen LogP) is 10.2. The molecule has 0 bridgehead atoms. The Balaban J connectivity index is 3.43. The number of unbranched alkanes of at least 4 members (excludes halogenated alkanes) is 22. The van der Waals surface area contributed by atoms with Gasteiger partial charge in [-0.2, -0.15) is 0 Å². The van der Waals surface area contributed by atoms with E-state index in [2.05, 4.69) is 13.8 Å². The zero-order chi connectivity index (χ0) is 30.6. The van der Waals surface area contributed by atoms with Crippen LogP contribution in [-0.4, -0.2) is 39.3 Å². The maximum Gasteiger partial charge on any atom is 0.226 e. The lowest BCUT2D eigenvalue weighted by Crippen LogP contribution is -2.44. The molecule has 244 valence electrons. The van der Waals surface area contributed by atoms with Crippen molar-refractivity contribution in [3.05, 3.63) is 0 Å². The second-order valence-corrected chi connectivity index (χ2v) is 12.9. The summed E-state index contributed by atoms with van der Waals surface area (Å²) in [5.41, 5.74) is 0. The van der Waals surface area contributed by atoms with Gasteiger partial charge in [-0.3, -0.25) is 14.5 Å². The normalized spacial score (nSPS) is 13.7. The predicted molar refractivity (Wildman–Crippen MR) is 175 cm³/mol. The Labute approximate surface area is 255 Å². The number of Topliss-reactive ketones (excluding diaryl/α,β-unsaturated/α-hetero) is 1. The molecule has 0 spiro atoms. The van der Waals surface area contributed by atoms with Gasteiger partial charge in [0, 0.05) is 18.8 Å². The molecule has 0 aliphatic rings. The molecule has 0 radical (unpaired) electrons. The number of rotatable bonds is 31. The van der Waals surface area contributed by atoms with Gasteiger partial charge in [0.2, 0.25) is 5.91 Å². The third kappa shape index (κ3) is 25.3. The first-order chi connectivity index (χ1) is 19.8. The Hall–Kier alpha value is -0.940. The SMILES string of the molecule is CCCCCCCCCCCCCCC(C)C(=O)CCCCCCCCCCCCCCC(=O)N(C(C)O)C(C)O. The molecule has 0 saturated heterocycles. The quantitative estimate of drug-likeness (QED) is 0.0630. The first-order valence-corrected chi connectivity index (χ1v) is 18.0. The van der Waals surface area contributed by atoms with E-state index >= 15 is 0 Å². The van der Waals surface area contributed by atoms with Gasteiger partial charge in [0.25, 0.3) is 0 Å². The third-order valence-electron chi connectivity index (χ3n) is 8.70. The van der Waals surface area contributed by atoms with Crippen molar-refractivity contribution in [1.29, 1.82) is 0 Å². The highest BCUT2D eigenvalue weighted by atomic mass is 16.3. The van der Waals surface area contributed by atoms with Gasteiger partial charge in [0.1, 0.15) is 18.2 Å². The molecule has 0 aromatic heterocycles. The molecule has 41 heavy (non-hydrogen) atoms. The molecule has 1 amide bonds. The van der Waals surface area contributed by atoms with Crippen molar-refractivity contribution < 1.29 is 19.8 Å². The van der Waals surface area contributed by atoms with Crippen molar-refractivity contribution in [2.45, 2.75) is 214 Å². The smallest absolute Gasteiger partial charge is 0.226 e. The van der Waals surface area contributed by atoms with E-state index in [0.717, 1.165) is 43.4 Å². The van der Waals surface area contributed by atoms with Crippen LogP contribution >= 0.6 is 0 Å². The maximum absolute atomic E-state index is 12.5. The molecular weight excluding hydrogens is 510 g/mol. The van der Waals surface area contributed by atoms with Crippen molar-refractivity contribution in [1.82, 2.24) is 4.90 Å². The van der Waals surface area contributed by atoms with E-state index in [1.54, 1.807) is 0 Å². The van der Waals surface area contributed by atoms with Crippen LogP contribution in [0.25, 0.3) is 0 Å². The van der Waals surface area contributed by atoms with Crippen molar-refractivity contribution in [3.63, 3.8) is 0 Å². The molecule has 0 rings (SSSR count). The number of carbonyl (C=O) groups is 2. The van der Waals surface area contributed by atoms with E-state index in [1.165, 1.54) is 142 Å². The lowest BCUT2D eigenvalue weighted by molar-refractivity contribution is -0.156. The highest BCUT2D eigenvalue weighted by molar-refractivity contribution is 5.80. The van der Waals surface area contributed by atoms with Gasteiger partial charge in [-0.25, -0.2) is 0 Å². The molecule has 5 nitrogen and oxygen atoms in total. The fourth-order valence-electron chi connectivity index (χ4n) is 5.90. The number of ketones is 1. The molecule has 0 heterocycles. The zero-order valence-electron chi connectivity index (χ0n) is 28.0. The van der Waals surface area contributed by atoms with Crippen LogP contribution in [-0.2, 0) is 9.59 Å². The van der Waals surface area contributed by atoms with Gasteiger partial charge in [-0.05, 0) is 33.1 Å². The molecule has 3 unspecified atom stereocenters. The number of aliphatic hydroxyl groups excluding tert-OH is 2. The second kappa shape index (κ2) is 29.1. The summed E-state index contributed by atoms with van der Waals surface area (Å²) in [6, 6.07) is 0. The topological polar surface area (TPSA) is 77.8 Å². The zero-order valence-corrected chi connectivity index (χ0v) is 28.0. The average Bonchev–Trinajstić information content (AvgIpc) is 2.93. The lowest BCUT2D eigenvalue weighted by Gasteiger charge is -2.28. The van der Waals surface area contributed by atoms with Crippen LogP contribution in [0.4, 0.5) is 0 Å². The summed E-state index contributed by atoms with van der Waals surface area (Å²) in [5.74, 6) is 0.561. The van der Waals surface area contributed by atoms with Gasteiger partial charge in [-0.15, -0.1) is 0 Å². The molecule has 5 heteroatoms. The highest BCUT2D eigenvalue weighted by Gasteiger charge is 2.21. The number of hydrogen-bond acceptors (Lipinski definition) is 4. The van der Waals surface area contributed by atoms with Crippen LogP contribution in [0.1, 0.15) is 201 Å². The monoisotopic (exact) mass is 582 g/mol. The molecule has 0 aromatic carbocycles. The van der Waals surface area contributed by atoms with Crippen LogP contribution in [0.5, 0.6) is 0 Å². The van der Waals surface area contributed by atoms with Crippen LogP contribution in [0.3, 0.4) is 0 Å². The van der Waals surface area contributed by atoms with Crippen molar-refractivity contribution in [3.8, 4) is 0 Å². The van der Waals surface area contributed by atoms with Gasteiger partial charge >= 0.3 is 0 Å². The van der Waals surface area contributed by atoms with E-state index in [0.29, 0.717) is 12.2 Å². The minimum atomic E-state index is -0.951. The summed E-state index contributed by atoms with van der Waals surface area (Å²) in [7, 11) is 0. The van der Waals surface area contributed by atoms with Crippen molar-refractivity contribution in [2.24, 2.45) is 5.92 Å².